The van der Waals surface area contributed by atoms with Crippen LogP contribution in [0.25, 0.3) is 0 Å². The van der Waals surface area contributed by atoms with E-state index in [1.807, 2.05) is 68.4 Å². The van der Waals surface area contributed by atoms with Crippen molar-refractivity contribution >= 4 is 0 Å². The maximum absolute atomic E-state index is 6.45. The van der Waals surface area contributed by atoms with Crippen LogP contribution in [-0.4, -0.2) is 37.3 Å². The molecule has 0 bridgehead atoms. The minimum atomic E-state index is -0.377. The van der Waals surface area contributed by atoms with E-state index in [9.17, 15) is 0 Å². The van der Waals surface area contributed by atoms with Crippen LogP contribution in [0.2, 0.25) is 0 Å². The van der Waals surface area contributed by atoms with E-state index >= 15 is 0 Å². The molecule has 1 saturated heterocycles. The molecule has 0 aliphatic carbocycles. The summed E-state index contributed by atoms with van der Waals surface area (Å²) in [6.07, 6.45) is -0.538. The SMILES string of the molecule is CC(C)O[C@@H]1C[C@@H](OCc2ccccc2)[C@H](OCc2ccccc2)[C@@H](COCc2ccccc2)O1. The van der Waals surface area contributed by atoms with E-state index in [-0.39, 0.29) is 30.7 Å². The fourth-order valence-corrected chi connectivity index (χ4v) is 4.21. The largest absolute Gasteiger partial charge is 0.374 e. The Kier molecular flexibility index (Phi) is 9.87. The summed E-state index contributed by atoms with van der Waals surface area (Å²) in [5.41, 5.74) is 3.36. The van der Waals surface area contributed by atoms with Crippen molar-refractivity contribution in [3.8, 4) is 0 Å². The normalized spacial score (nSPS) is 22.4. The Balaban J connectivity index is 1.47. The van der Waals surface area contributed by atoms with Gasteiger partial charge in [-0.3, -0.25) is 0 Å². The highest BCUT2D eigenvalue weighted by Crippen LogP contribution is 2.29. The molecule has 0 saturated carbocycles. The lowest BCUT2D eigenvalue weighted by atomic mass is 10.0. The van der Waals surface area contributed by atoms with Gasteiger partial charge in [-0.05, 0) is 30.5 Å². The Morgan fingerprint density at radius 3 is 1.77 bits per heavy atom. The Bertz CT molecular complexity index is 964. The van der Waals surface area contributed by atoms with Crippen LogP contribution < -0.4 is 0 Å². The van der Waals surface area contributed by atoms with E-state index in [1.54, 1.807) is 0 Å². The smallest absolute Gasteiger partial charge is 0.161 e. The van der Waals surface area contributed by atoms with Gasteiger partial charge in [-0.15, -0.1) is 0 Å². The van der Waals surface area contributed by atoms with E-state index in [4.69, 9.17) is 23.7 Å². The van der Waals surface area contributed by atoms with Crippen LogP contribution in [0, 0.1) is 0 Å². The Morgan fingerprint density at radius 1 is 0.714 bits per heavy atom. The Morgan fingerprint density at radius 2 is 1.23 bits per heavy atom. The standard InChI is InChI=1S/C30H36O5/c1-23(2)34-29-18-27(32-20-25-14-8-4-9-15-25)30(33-21-26-16-10-5-11-17-26)28(35-29)22-31-19-24-12-6-3-7-13-24/h3-17,23,27-30H,18-22H2,1-2H3/t27-,28-,29+,30+/m1/s1. The minimum Gasteiger partial charge on any atom is -0.374 e. The first-order valence-corrected chi connectivity index (χ1v) is 12.4. The predicted molar refractivity (Wildman–Crippen MR) is 136 cm³/mol. The van der Waals surface area contributed by atoms with Gasteiger partial charge in [0, 0.05) is 6.42 Å². The number of benzene rings is 3. The zero-order valence-electron chi connectivity index (χ0n) is 20.6. The summed E-state index contributed by atoms with van der Waals surface area (Å²) in [7, 11) is 0. The molecule has 1 aliphatic heterocycles. The van der Waals surface area contributed by atoms with Gasteiger partial charge in [0.25, 0.3) is 0 Å². The van der Waals surface area contributed by atoms with Gasteiger partial charge in [0.05, 0.1) is 38.6 Å². The average Bonchev–Trinajstić information content (AvgIpc) is 2.88. The molecule has 35 heavy (non-hydrogen) atoms. The highest BCUT2D eigenvalue weighted by atomic mass is 16.7. The van der Waals surface area contributed by atoms with E-state index in [0.29, 0.717) is 32.8 Å². The second kappa shape index (κ2) is 13.5. The molecule has 1 aliphatic rings. The molecule has 5 nitrogen and oxygen atoms in total. The van der Waals surface area contributed by atoms with Crippen LogP contribution in [0.3, 0.4) is 0 Å². The van der Waals surface area contributed by atoms with Gasteiger partial charge in [-0.1, -0.05) is 91.0 Å². The van der Waals surface area contributed by atoms with Crippen molar-refractivity contribution in [2.45, 2.75) is 70.8 Å². The van der Waals surface area contributed by atoms with Crippen LogP contribution in [0.1, 0.15) is 37.0 Å². The number of hydrogen-bond acceptors (Lipinski definition) is 5. The maximum atomic E-state index is 6.45. The molecule has 0 radical (unpaired) electrons. The second-order valence-electron chi connectivity index (χ2n) is 9.12. The molecule has 4 rings (SSSR count). The van der Waals surface area contributed by atoms with Gasteiger partial charge >= 0.3 is 0 Å². The zero-order valence-corrected chi connectivity index (χ0v) is 20.6. The van der Waals surface area contributed by atoms with Crippen LogP contribution in [0.15, 0.2) is 91.0 Å². The molecule has 3 aromatic rings. The van der Waals surface area contributed by atoms with Crippen molar-refractivity contribution < 1.29 is 23.7 Å². The highest BCUT2D eigenvalue weighted by molar-refractivity contribution is 5.15. The summed E-state index contributed by atoms with van der Waals surface area (Å²) in [5, 5.41) is 0. The molecule has 0 unspecified atom stereocenters. The van der Waals surface area contributed by atoms with Gasteiger partial charge in [-0.2, -0.15) is 0 Å². The van der Waals surface area contributed by atoms with Gasteiger partial charge < -0.3 is 23.7 Å². The summed E-state index contributed by atoms with van der Waals surface area (Å²) in [4.78, 5) is 0. The summed E-state index contributed by atoms with van der Waals surface area (Å²) in [6, 6.07) is 30.5. The lowest BCUT2D eigenvalue weighted by molar-refractivity contribution is -0.285. The summed E-state index contributed by atoms with van der Waals surface area (Å²) >= 11 is 0. The molecule has 0 aromatic heterocycles. The molecule has 1 heterocycles. The monoisotopic (exact) mass is 476 g/mol. The average molecular weight is 477 g/mol. The topological polar surface area (TPSA) is 46.2 Å². The second-order valence-corrected chi connectivity index (χ2v) is 9.12. The van der Waals surface area contributed by atoms with Crippen molar-refractivity contribution in [3.63, 3.8) is 0 Å². The van der Waals surface area contributed by atoms with E-state index in [2.05, 4.69) is 36.4 Å². The summed E-state index contributed by atoms with van der Waals surface area (Å²) < 4.78 is 31.4. The number of hydrogen-bond donors (Lipinski definition) is 0. The first kappa shape index (κ1) is 25.5. The molecule has 1 fully saturated rings. The Labute approximate surface area is 208 Å². The highest BCUT2D eigenvalue weighted by Gasteiger charge is 2.41. The maximum Gasteiger partial charge on any atom is 0.161 e. The van der Waals surface area contributed by atoms with Crippen molar-refractivity contribution in [2.75, 3.05) is 6.61 Å². The van der Waals surface area contributed by atoms with Crippen molar-refractivity contribution in [2.24, 2.45) is 0 Å². The minimum absolute atomic E-state index is 0.0439. The van der Waals surface area contributed by atoms with Crippen LogP contribution in [-0.2, 0) is 43.5 Å². The summed E-state index contributed by atoms with van der Waals surface area (Å²) in [5.74, 6) is 0. The molecule has 3 aromatic carbocycles. The first-order valence-electron chi connectivity index (χ1n) is 12.4. The molecular weight excluding hydrogens is 440 g/mol. The lowest BCUT2D eigenvalue weighted by Crippen LogP contribution is -2.53. The third kappa shape index (κ3) is 8.27. The predicted octanol–water partition coefficient (Wildman–Crippen LogP) is 5.91. The van der Waals surface area contributed by atoms with E-state index < -0.39 is 0 Å². The van der Waals surface area contributed by atoms with Gasteiger partial charge in [-0.25, -0.2) is 0 Å². The molecule has 0 amide bonds. The Hall–Kier alpha value is -2.54. The molecule has 5 heteroatoms. The molecular formula is C30H36O5. The van der Waals surface area contributed by atoms with Gasteiger partial charge in [0.15, 0.2) is 6.29 Å². The number of ether oxygens (including phenoxy) is 5. The fourth-order valence-electron chi connectivity index (χ4n) is 4.21. The molecule has 4 atom stereocenters. The number of rotatable bonds is 12. The van der Waals surface area contributed by atoms with E-state index in [0.717, 1.165) is 16.7 Å². The van der Waals surface area contributed by atoms with E-state index in [1.165, 1.54) is 0 Å². The van der Waals surface area contributed by atoms with Crippen molar-refractivity contribution in [1.29, 1.82) is 0 Å². The quantitative estimate of drug-likeness (QED) is 0.325. The fraction of sp³-hybridized carbons (Fsp3) is 0.400. The summed E-state index contributed by atoms with van der Waals surface area (Å²) in [6.45, 7) is 5.91. The molecule has 0 N–H and O–H groups in total. The van der Waals surface area contributed by atoms with Crippen LogP contribution >= 0.6 is 0 Å². The van der Waals surface area contributed by atoms with Crippen LogP contribution in [0.4, 0.5) is 0 Å². The van der Waals surface area contributed by atoms with Crippen LogP contribution in [0.5, 0.6) is 0 Å². The van der Waals surface area contributed by atoms with Crippen molar-refractivity contribution in [3.05, 3.63) is 108 Å². The zero-order chi connectivity index (χ0) is 24.3. The molecule has 186 valence electrons. The lowest BCUT2D eigenvalue weighted by Gasteiger charge is -2.41. The van der Waals surface area contributed by atoms with Gasteiger partial charge in [0.2, 0.25) is 0 Å². The third-order valence-corrected chi connectivity index (χ3v) is 5.89. The van der Waals surface area contributed by atoms with Crippen molar-refractivity contribution in [1.82, 2.24) is 0 Å². The molecule has 0 spiro atoms. The first-order chi connectivity index (χ1) is 17.2. The van der Waals surface area contributed by atoms with Gasteiger partial charge in [0.1, 0.15) is 12.2 Å². The third-order valence-electron chi connectivity index (χ3n) is 5.89.